The number of fused-ring (bicyclic) bond motifs is 1. The first-order valence-electron chi connectivity index (χ1n) is 6.73. The van der Waals surface area contributed by atoms with Gasteiger partial charge in [0, 0.05) is 12.7 Å². The van der Waals surface area contributed by atoms with E-state index in [4.69, 9.17) is 0 Å². The maximum Gasteiger partial charge on any atom is 0.111 e. The summed E-state index contributed by atoms with van der Waals surface area (Å²) in [7, 11) is 0. The number of para-hydroxylation sites is 1. The van der Waals surface area contributed by atoms with E-state index in [-0.39, 0.29) is 6.04 Å². The molecule has 1 aromatic carbocycles. The Morgan fingerprint density at radius 3 is 2.85 bits per heavy atom. The second-order valence-corrected chi connectivity index (χ2v) is 5.95. The van der Waals surface area contributed by atoms with Gasteiger partial charge in [-0.15, -0.1) is 11.3 Å². The molecule has 0 aliphatic rings. The van der Waals surface area contributed by atoms with Crippen molar-refractivity contribution in [2.75, 3.05) is 0 Å². The van der Waals surface area contributed by atoms with Crippen molar-refractivity contribution < 1.29 is 0 Å². The van der Waals surface area contributed by atoms with Gasteiger partial charge < -0.3 is 5.32 Å². The summed E-state index contributed by atoms with van der Waals surface area (Å²) in [5.74, 6) is 0. The maximum atomic E-state index is 4.68. The molecule has 0 aliphatic heterocycles. The van der Waals surface area contributed by atoms with Gasteiger partial charge in [-0.25, -0.2) is 4.98 Å². The van der Waals surface area contributed by atoms with Gasteiger partial charge in [-0.2, -0.15) is 0 Å². The molecule has 1 unspecified atom stereocenters. The molecule has 0 amide bonds. The predicted molar refractivity (Wildman–Crippen MR) is 83.8 cm³/mol. The molecule has 0 aliphatic carbocycles. The van der Waals surface area contributed by atoms with Gasteiger partial charge in [0.1, 0.15) is 5.01 Å². The van der Waals surface area contributed by atoms with E-state index in [1.54, 1.807) is 11.3 Å². The van der Waals surface area contributed by atoms with Crippen molar-refractivity contribution in [3.8, 4) is 0 Å². The van der Waals surface area contributed by atoms with E-state index < -0.39 is 0 Å². The quantitative estimate of drug-likeness (QED) is 0.790. The second-order valence-electron chi connectivity index (χ2n) is 4.89. The van der Waals surface area contributed by atoms with Crippen molar-refractivity contribution >= 4 is 21.6 Å². The van der Waals surface area contributed by atoms with Crippen LogP contribution in [0, 0.1) is 6.92 Å². The Balaban J connectivity index is 1.73. The molecular weight excluding hydrogens is 266 g/mol. The number of rotatable bonds is 4. The van der Waals surface area contributed by atoms with E-state index in [1.165, 1.54) is 10.3 Å². The number of hydrogen-bond acceptors (Lipinski definition) is 4. The Bertz CT molecular complexity index is 687. The van der Waals surface area contributed by atoms with Crippen LogP contribution in [-0.4, -0.2) is 9.97 Å². The number of pyridine rings is 1. The molecule has 102 valence electrons. The standard InChI is InChI=1S/C16H17N3S/c1-11-6-5-9-17-14(11)10-18-12(2)16-19-13-7-3-4-8-15(13)20-16/h3-9,12,18H,10H2,1-2H3. The second kappa shape index (κ2) is 5.69. The average Bonchev–Trinajstić information content (AvgIpc) is 2.90. The normalized spacial score (nSPS) is 12.7. The first kappa shape index (κ1) is 13.2. The molecule has 0 bridgehead atoms. The van der Waals surface area contributed by atoms with Crippen molar-refractivity contribution in [1.29, 1.82) is 0 Å². The van der Waals surface area contributed by atoms with Crippen molar-refractivity contribution in [3.05, 3.63) is 58.9 Å². The molecule has 0 saturated heterocycles. The van der Waals surface area contributed by atoms with Gasteiger partial charge in [-0.1, -0.05) is 18.2 Å². The van der Waals surface area contributed by atoms with Crippen LogP contribution in [0.15, 0.2) is 42.6 Å². The van der Waals surface area contributed by atoms with Gasteiger partial charge in [-0.3, -0.25) is 4.98 Å². The van der Waals surface area contributed by atoms with Crippen LogP contribution in [0.1, 0.15) is 29.2 Å². The van der Waals surface area contributed by atoms with Crippen LogP contribution >= 0.6 is 11.3 Å². The molecule has 2 aromatic heterocycles. The molecule has 0 radical (unpaired) electrons. The van der Waals surface area contributed by atoms with E-state index in [9.17, 15) is 0 Å². The molecule has 4 heteroatoms. The molecule has 3 rings (SSSR count). The average molecular weight is 283 g/mol. The van der Waals surface area contributed by atoms with Crippen LogP contribution in [0.2, 0.25) is 0 Å². The van der Waals surface area contributed by atoms with Gasteiger partial charge in [0.15, 0.2) is 0 Å². The molecule has 0 fully saturated rings. The first-order chi connectivity index (χ1) is 9.74. The zero-order valence-electron chi connectivity index (χ0n) is 11.6. The smallest absolute Gasteiger partial charge is 0.111 e. The lowest BCUT2D eigenvalue weighted by atomic mass is 10.2. The highest BCUT2D eigenvalue weighted by Crippen LogP contribution is 2.26. The topological polar surface area (TPSA) is 37.8 Å². The summed E-state index contributed by atoms with van der Waals surface area (Å²) in [5, 5.41) is 4.63. The largest absolute Gasteiger partial charge is 0.302 e. The minimum atomic E-state index is 0.230. The Morgan fingerprint density at radius 2 is 2.05 bits per heavy atom. The van der Waals surface area contributed by atoms with Crippen LogP contribution in [0.3, 0.4) is 0 Å². The van der Waals surface area contributed by atoms with E-state index in [0.29, 0.717) is 0 Å². The third kappa shape index (κ3) is 2.71. The number of aromatic nitrogens is 2. The highest BCUT2D eigenvalue weighted by Gasteiger charge is 2.11. The van der Waals surface area contributed by atoms with E-state index in [0.717, 1.165) is 22.8 Å². The number of thiazole rings is 1. The third-order valence-electron chi connectivity index (χ3n) is 3.37. The van der Waals surface area contributed by atoms with Crippen LogP contribution in [-0.2, 0) is 6.54 Å². The van der Waals surface area contributed by atoms with E-state index in [2.05, 4.69) is 53.4 Å². The van der Waals surface area contributed by atoms with Crippen LogP contribution in [0.25, 0.3) is 10.2 Å². The summed E-state index contributed by atoms with van der Waals surface area (Å²) >= 11 is 1.75. The third-order valence-corrected chi connectivity index (χ3v) is 4.59. The Hall–Kier alpha value is -1.78. The summed E-state index contributed by atoms with van der Waals surface area (Å²) in [6.07, 6.45) is 1.84. The fraction of sp³-hybridized carbons (Fsp3) is 0.250. The van der Waals surface area contributed by atoms with Crippen LogP contribution in [0.4, 0.5) is 0 Å². The predicted octanol–water partition coefficient (Wildman–Crippen LogP) is 3.85. The summed E-state index contributed by atoms with van der Waals surface area (Å²) in [6, 6.07) is 12.5. The van der Waals surface area contributed by atoms with Crippen LogP contribution < -0.4 is 5.32 Å². The molecular formula is C16H17N3S. The molecule has 0 saturated carbocycles. The summed E-state index contributed by atoms with van der Waals surface area (Å²) < 4.78 is 1.24. The number of nitrogens with one attached hydrogen (secondary N) is 1. The lowest BCUT2D eigenvalue weighted by Crippen LogP contribution is -2.19. The van der Waals surface area contributed by atoms with Gasteiger partial charge in [0.2, 0.25) is 0 Å². The first-order valence-corrected chi connectivity index (χ1v) is 7.55. The molecule has 0 spiro atoms. The molecule has 3 nitrogen and oxygen atoms in total. The lowest BCUT2D eigenvalue weighted by molar-refractivity contribution is 0.564. The van der Waals surface area contributed by atoms with Crippen molar-refractivity contribution in [2.24, 2.45) is 0 Å². The molecule has 3 aromatic rings. The molecule has 1 N–H and O–H groups in total. The SMILES string of the molecule is Cc1cccnc1CNC(C)c1nc2ccccc2s1. The number of nitrogens with zero attached hydrogens (tertiary/aromatic N) is 2. The van der Waals surface area contributed by atoms with Gasteiger partial charge in [0.05, 0.1) is 22.0 Å². The molecule has 2 heterocycles. The number of aryl methyl sites for hydroxylation is 1. The van der Waals surface area contributed by atoms with Gasteiger partial charge in [0.25, 0.3) is 0 Å². The Labute approximate surface area is 122 Å². The Morgan fingerprint density at radius 1 is 1.20 bits per heavy atom. The fourth-order valence-electron chi connectivity index (χ4n) is 2.12. The van der Waals surface area contributed by atoms with Crippen molar-refractivity contribution in [3.63, 3.8) is 0 Å². The van der Waals surface area contributed by atoms with Crippen molar-refractivity contribution in [2.45, 2.75) is 26.4 Å². The Kier molecular flexibility index (Phi) is 3.76. The van der Waals surface area contributed by atoms with E-state index >= 15 is 0 Å². The maximum absolute atomic E-state index is 4.68. The minimum Gasteiger partial charge on any atom is -0.302 e. The molecule has 1 atom stereocenters. The monoisotopic (exact) mass is 283 g/mol. The van der Waals surface area contributed by atoms with Crippen LogP contribution in [0.5, 0.6) is 0 Å². The highest BCUT2D eigenvalue weighted by atomic mass is 32.1. The zero-order chi connectivity index (χ0) is 13.9. The lowest BCUT2D eigenvalue weighted by Gasteiger charge is -2.11. The zero-order valence-corrected chi connectivity index (χ0v) is 12.4. The van der Waals surface area contributed by atoms with Gasteiger partial charge >= 0.3 is 0 Å². The highest BCUT2D eigenvalue weighted by molar-refractivity contribution is 7.18. The van der Waals surface area contributed by atoms with Crippen molar-refractivity contribution in [1.82, 2.24) is 15.3 Å². The minimum absolute atomic E-state index is 0.230. The summed E-state index contributed by atoms with van der Waals surface area (Å²) in [6.45, 7) is 5.01. The summed E-state index contributed by atoms with van der Waals surface area (Å²) in [5.41, 5.74) is 3.40. The number of benzene rings is 1. The van der Waals surface area contributed by atoms with Gasteiger partial charge in [-0.05, 0) is 37.6 Å². The summed E-state index contributed by atoms with van der Waals surface area (Å²) in [4.78, 5) is 9.09. The fourth-order valence-corrected chi connectivity index (χ4v) is 3.11. The van der Waals surface area contributed by atoms with E-state index in [1.807, 2.05) is 18.3 Å². The number of hydrogen-bond donors (Lipinski definition) is 1. The molecule has 20 heavy (non-hydrogen) atoms.